The average molecular weight is 321 g/mol. The highest BCUT2D eigenvalue weighted by Gasteiger charge is 2.12. The first-order valence-electron chi connectivity index (χ1n) is 7.58. The first-order chi connectivity index (χ1) is 10.5. The van der Waals surface area contributed by atoms with Crippen LogP contribution in [0, 0.1) is 6.92 Å². The molecule has 0 saturated carbocycles. The Balaban J connectivity index is 1.95. The molecule has 0 bridgehead atoms. The first kappa shape index (κ1) is 16.5. The lowest BCUT2D eigenvalue weighted by atomic mass is 10.3. The van der Waals surface area contributed by atoms with E-state index in [-0.39, 0.29) is 12.1 Å². The number of urea groups is 1. The summed E-state index contributed by atoms with van der Waals surface area (Å²) >= 11 is 1.63. The minimum atomic E-state index is -0.224. The van der Waals surface area contributed by atoms with E-state index in [1.807, 2.05) is 11.6 Å². The van der Waals surface area contributed by atoms with Crippen LogP contribution in [0.25, 0.3) is 0 Å². The van der Waals surface area contributed by atoms with Gasteiger partial charge in [-0.3, -0.25) is 5.32 Å². The summed E-state index contributed by atoms with van der Waals surface area (Å²) in [7, 11) is 0. The third-order valence-electron chi connectivity index (χ3n) is 3.55. The molecule has 0 saturated heterocycles. The molecule has 2 heterocycles. The van der Waals surface area contributed by atoms with Crippen LogP contribution < -0.4 is 10.6 Å². The van der Waals surface area contributed by atoms with Gasteiger partial charge < -0.3 is 5.32 Å². The molecule has 1 atom stereocenters. The Hall–Kier alpha value is -1.89. The summed E-state index contributed by atoms with van der Waals surface area (Å²) in [6.07, 6.45) is 3.53. The van der Waals surface area contributed by atoms with Crippen molar-refractivity contribution >= 4 is 23.2 Å². The van der Waals surface area contributed by atoms with Crippen molar-refractivity contribution in [3.8, 4) is 0 Å². The number of rotatable bonds is 6. The summed E-state index contributed by atoms with van der Waals surface area (Å²) in [5, 5.41) is 11.0. The second-order valence-electron chi connectivity index (χ2n) is 5.18. The number of hydrogen-bond acceptors (Lipinski definition) is 4. The number of amides is 2. The van der Waals surface area contributed by atoms with Crippen molar-refractivity contribution in [3.63, 3.8) is 0 Å². The van der Waals surface area contributed by atoms with Gasteiger partial charge in [-0.25, -0.2) is 14.5 Å². The number of hydrogen-bond donors (Lipinski definition) is 2. The highest BCUT2D eigenvalue weighted by molar-refractivity contribution is 7.11. The van der Waals surface area contributed by atoms with Gasteiger partial charge in [0.2, 0.25) is 0 Å². The van der Waals surface area contributed by atoms with Crippen LogP contribution >= 0.6 is 11.3 Å². The molecular formula is C15H23N5OS. The second kappa shape index (κ2) is 7.40. The van der Waals surface area contributed by atoms with Crippen molar-refractivity contribution in [2.24, 2.45) is 0 Å². The molecule has 0 aromatic carbocycles. The fourth-order valence-corrected chi connectivity index (χ4v) is 3.15. The minimum Gasteiger partial charge on any atom is -0.333 e. The van der Waals surface area contributed by atoms with E-state index >= 15 is 0 Å². The number of thiazole rings is 1. The molecule has 7 heteroatoms. The van der Waals surface area contributed by atoms with Crippen molar-refractivity contribution < 1.29 is 4.79 Å². The van der Waals surface area contributed by atoms with E-state index in [1.54, 1.807) is 23.6 Å². The van der Waals surface area contributed by atoms with Gasteiger partial charge in [0.1, 0.15) is 5.82 Å². The Morgan fingerprint density at radius 2 is 2.23 bits per heavy atom. The molecule has 6 nitrogen and oxygen atoms in total. The van der Waals surface area contributed by atoms with Crippen LogP contribution in [0.4, 0.5) is 10.6 Å². The molecule has 0 spiro atoms. The summed E-state index contributed by atoms with van der Waals surface area (Å²) in [4.78, 5) is 17.7. The summed E-state index contributed by atoms with van der Waals surface area (Å²) in [6.45, 7) is 8.72. The van der Waals surface area contributed by atoms with Gasteiger partial charge in [-0.15, -0.1) is 11.3 Å². The zero-order valence-corrected chi connectivity index (χ0v) is 14.3. The van der Waals surface area contributed by atoms with E-state index in [9.17, 15) is 4.79 Å². The lowest BCUT2D eigenvalue weighted by Crippen LogP contribution is -2.29. The number of nitrogens with zero attached hydrogens (tertiary/aromatic N) is 3. The van der Waals surface area contributed by atoms with Gasteiger partial charge in [0.05, 0.1) is 29.5 Å². The quantitative estimate of drug-likeness (QED) is 0.855. The molecule has 2 N–H and O–H groups in total. The largest absolute Gasteiger partial charge is 0.333 e. The van der Waals surface area contributed by atoms with Crippen LogP contribution in [-0.4, -0.2) is 20.8 Å². The Morgan fingerprint density at radius 3 is 2.91 bits per heavy atom. The summed E-state index contributed by atoms with van der Waals surface area (Å²) < 4.78 is 1.83. The van der Waals surface area contributed by atoms with Gasteiger partial charge in [-0.2, -0.15) is 5.10 Å². The van der Waals surface area contributed by atoms with Gasteiger partial charge in [0.25, 0.3) is 0 Å². The van der Waals surface area contributed by atoms with Crippen LogP contribution in [0.3, 0.4) is 0 Å². The fraction of sp³-hybridized carbons (Fsp3) is 0.533. The van der Waals surface area contributed by atoms with Crippen LogP contribution in [0.5, 0.6) is 0 Å². The number of aryl methyl sites for hydroxylation is 2. The summed E-state index contributed by atoms with van der Waals surface area (Å²) in [5.74, 6) is 0.711. The number of carbonyl (C=O) groups is 1. The lowest BCUT2D eigenvalue weighted by Gasteiger charge is -2.14. The van der Waals surface area contributed by atoms with Gasteiger partial charge >= 0.3 is 6.03 Å². The fourth-order valence-electron chi connectivity index (χ4n) is 2.19. The number of carbonyl (C=O) groups excluding carboxylic acids is 1. The molecule has 2 rings (SSSR count). The number of nitrogens with one attached hydrogen (secondary N) is 2. The molecule has 120 valence electrons. The highest BCUT2D eigenvalue weighted by atomic mass is 32.1. The van der Waals surface area contributed by atoms with Crippen molar-refractivity contribution in [1.82, 2.24) is 20.1 Å². The van der Waals surface area contributed by atoms with Crippen molar-refractivity contribution in [1.29, 1.82) is 0 Å². The van der Waals surface area contributed by atoms with Gasteiger partial charge in [-0.1, -0.05) is 13.8 Å². The van der Waals surface area contributed by atoms with Crippen LogP contribution in [0.1, 0.15) is 48.8 Å². The van der Waals surface area contributed by atoms with Crippen LogP contribution in [-0.2, 0) is 13.0 Å². The molecule has 0 unspecified atom stereocenters. The third kappa shape index (κ3) is 3.85. The smallest absolute Gasteiger partial charge is 0.320 e. The topological polar surface area (TPSA) is 71.8 Å². The standard InChI is InChI=1S/C15H23N5OS/c1-5-10(3)20-14(7-8-17-20)19-15(21)16-9-13-12(6-2)18-11(4)22-13/h7-8,10H,5-6,9H2,1-4H3,(H2,16,19,21)/t10-/m1/s1. The molecule has 0 fully saturated rings. The maximum atomic E-state index is 12.1. The molecule has 2 amide bonds. The summed E-state index contributed by atoms with van der Waals surface area (Å²) in [5.41, 5.74) is 1.06. The van der Waals surface area contributed by atoms with E-state index in [2.05, 4.69) is 41.5 Å². The monoisotopic (exact) mass is 321 g/mol. The normalized spacial score (nSPS) is 12.2. The maximum Gasteiger partial charge on any atom is 0.320 e. The van der Waals surface area contributed by atoms with Crippen LogP contribution in [0.2, 0.25) is 0 Å². The highest BCUT2D eigenvalue weighted by Crippen LogP contribution is 2.19. The zero-order chi connectivity index (χ0) is 16.1. The van der Waals surface area contributed by atoms with Gasteiger partial charge in [0, 0.05) is 10.9 Å². The molecule has 0 radical (unpaired) electrons. The van der Waals surface area contributed by atoms with Gasteiger partial charge in [0.15, 0.2) is 0 Å². The van der Waals surface area contributed by atoms with Crippen LogP contribution in [0.15, 0.2) is 12.3 Å². The first-order valence-corrected chi connectivity index (χ1v) is 8.40. The molecule has 2 aromatic heterocycles. The third-order valence-corrected chi connectivity index (χ3v) is 4.56. The molecule has 0 aliphatic rings. The van der Waals surface area contributed by atoms with E-state index in [0.717, 1.165) is 28.4 Å². The molecule has 0 aliphatic carbocycles. The Morgan fingerprint density at radius 1 is 1.45 bits per heavy atom. The summed E-state index contributed by atoms with van der Waals surface area (Å²) in [6, 6.07) is 1.83. The predicted molar refractivity (Wildman–Crippen MR) is 89.3 cm³/mol. The Bertz CT molecular complexity index is 634. The Labute approximate surface area is 135 Å². The average Bonchev–Trinajstić information content (AvgIpc) is 3.10. The van der Waals surface area contributed by atoms with Gasteiger partial charge in [-0.05, 0) is 26.7 Å². The van der Waals surface area contributed by atoms with E-state index in [0.29, 0.717) is 12.4 Å². The SMILES string of the molecule is CCc1nc(C)sc1CNC(=O)Nc1ccnn1[C@H](C)CC. The second-order valence-corrected chi connectivity index (χ2v) is 6.47. The van der Waals surface area contributed by atoms with Crippen molar-refractivity contribution in [2.45, 2.75) is 53.1 Å². The van der Waals surface area contributed by atoms with E-state index in [4.69, 9.17) is 0 Å². The molecular weight excluding hydrogens is 298 g/mol. The lowest BCUT2D eigenvalue weighted by molar-refractivity contribution is 0.251. The zero-order valence-electron chi connectivity index (χ0n) is 13.5. The van der Waals surface area contributed by atoms with E-state index < -0.39 is 0 Å². The number of anilines is 1. The van der Waals surface area contributed by atoms with Crippen molar-refractivity contribution in [2.75, 3.05) is 5.32 Å². The molecule has 2 aromatic rings. The minimum absolute atomic E-state index is 0.224. The molecule has 0 aliphatic heterocycles. The number of aromatic nitrogens is 3. The van der Waals surface area contributed by atoms with Crippen molar-refractivity contribution in [3.05, 3.63) is 27.8 Å². The maximum absolute atomic E-state index is 12.1. The van der Waals surface area contributed by atoms with E-state index in [1.165, 1.54) is 0 Å². The Kier molecular flexibility index (Phi) is 5.54. The molecule has 22 heavy (non-hydrogen) atoms. The predicted octanol–water partition coefficient (Wildman–Crippen LogP) is 3.50.